The molecule has 0 aliphatic heterocycles. The zero-order valence-electron chi connectivity index (χ0n) is 7.99. The monoisotopic (exact) mass is 244 g/mol. The van der Waals surface area contributed by atoms with Crippen molar-refractivity contribution in [2.24, 2.45) is 0 Å². The van der Waals surface area contributed by atoms with Crippen LogP contribution in [0.2, 0.25) is 5.02 Å². The van der Waals surface area contributed by atoms with Crippen molar-refractivity contribution in [1.29, 1.82) is 5.26 Å². The van der Waals surface area contributed by atoms with Crippen LogP contribution in [0.15, 0.2) is 18.2 Å². The van der Waals surface area contributed by atoms with Crippen molar-refractivity contribution in [2.75, 3.05) is 10.5 Å². The summed E-state index contributed by atoms with van der Waals surface area (Å²) >= 11 is 5.79. The van der Waals surface area contributed by atoms with E-state index in [1.165, 1.54) is 25.1 Å². The molecular weight excluding hydrogens is 236 g/mol. The fourth-order valence-electron chi connectivity index (χ4n) is 0.907. The molecule has 1 aromatic carbocycles. The number of nitrogens with one attached hydrogen (secondary N) is 1. The van der Waals surface area contributed by atoms with Crippen LogP contribution < -0.4 is 4.72 Å². The van der Waals surface area contributed by atoms with Crippen molar-refractivity contribution in [3.63, 3.8) is 0 Å². The van der Waals surface area contributed by atoms with Gasteiger partial charge < -0.3 is 0 Å². The van der Waals surface area contributed by atoms with Crippen LogP contribution in [0.3, 0.4) is 0 Å². The Kier molecular flexibility index (Phi) is 3.56. The largest absolute Gasteiger partial charge is 0.282 e. The summed E-state index contributed by atoms with van der Waals surface area (Å²) in [5.74, 6) is -0.0245. The normalized spacial score (nSPS) is 10.7. The van der Waals surface area contributed by atoms with Crippen LogP contribution in [0, 0.1) is 11.3 Å². The molecule has 1 rings (SSSR count). The molecule has 1 aromatic rings. The van der Waals surface area contributed by atoms with Crippen molar-refractivity contribution >= 4 is 27.3 Å². The average molecular weight is 245 g/mol. The first-order valence-electron chi connectivity index (χ1n) is 4.18. The molecule has 1 N–H and O–H groups in total. The summed E-state index contributed by atoms with van der Waals surface area (Å²) in [5, 5.41) is 8.80. The molecule has 80 valence electrons. The predicted molar refractivity (Wildman–Crippen MR) is 59.3 cm³/mol. The number of sulfonamides is 1. The van der Waals surface area contributed by atoms with Crippen LogP contribution >= 0.6 is 11.6 Å². The lowest BCUT2D eigenvalue weighted by molar-refractivity contribution is 0.602. The molecule has 0 atom stereocenters. The number of hydrogen-bond acceptors (Lipinski definition) is 3. The Morgan fingerprint density at radius 2 is 2.20 bits per heavy atom. The quantitative estimate of drug-likeness (QED) is 0.884. The topological polar surface area (TPSA) is 70.0 Å². The second-order valence-corrected chi connectivity index (χ2v) is 5.23. The average Bonchev–Trinajstić information content (AvgIpc) is 2.21. The van der Waals surface area contributed by atoms with Gasteiger partial charge >= 0.3 is 0 Å². The summed E-state index contributed by atoms with van der Waals surface area (Å²) in [6, 6.07) is 6.29. The van der Waals surface area contributed by atoms with E-state index in [0.717, 1.165) is 0 Å². The van der Waals surface area contributed by atoms with E-state index in [4.69, 9.17) is 16.9 Å². The number of rotatable bonds is 3. The third kappa shape index (κ3) is 3.11. The molecule has 0 unspecified atom stereocenters. The first kappa shape index (κ1) is 11.8. The van der Waals surface area contributed by atoms with Crippen LogP contribution in [-0.4, -0.2) is 14.2 Å². The van der Waals surface area contributed by atoms with E-state index in [2.05, 4.69) is 4.72 Å². The van der Waals surface area contributed by atoms with Crippen molar-refractivity contribution in [3.05, 3.63) is 28.8 Å². The SMILES string of the molecule is CCS(=O)(=O)Nc1ccc(C#N)cc1Cl. The second kappa shape index (κ2) is 4.51. The van der Waals surface area contributed by atoms with E-state index >= 15 is 0 Å². The van der Waals surface area contributed by atoms with Gasteiger partial charge in [-0.25, -0.2) is 8.42 Å². The molecule has 15 heavy (non-hydrogen) atoms. The minimum Gasteiger partial charge on any atom is -0.282 e. The van der Waals surface area contributed by atoms with Gasteiger partial charge in [0.2, 0.25) is 10.0 Å². The summed E-state index contributed by atoms with van der Waals surface area (Å²) in [7, 11) is -3.33. The molecule has 0 heterocycles. The van der Waals surface area contributed by atoms with E-state index in [9.17, 15) is 8.42 Å². The van der Waals surface area contributed by atoms with Crippen molar-refractivity contribution in [1.82, 2.24) is 0 Å². The lowest BCUT2D eigenvalue weighted by Crippen LogP contribution is -2.14. The first-order chi connectivity index (χ1) is 6.98. The van der Waals surface area contributed by atoms with Gasteiger partial charge in [0.15, 0.2) is 0 Å². The number of nitrogens with zero attached hydrogens (tertiary/aromatic N) is 1. The Balaban J connectivity index is 3.04. The minimum atomic E-state index is -3.33. The highest BCUT2D eigenvalue weighted by atomic mass is 35.5. The third-order valence-corrected chi connectivity index (χ3v) is 3.35. The van der Waals surface area contributed by atoms with Crippen LogP contribution in [0.25, 0.3) is 0 Å². The molecule has 4 nitrogen and oxygen atoms in total. The smallest absolute Gasteiger partial charge is 0.232 e. The zero-order chi connectivity index (χ0) is 11.5. The number of benzene rings is 1. The molecule has 0 saturated carbocycles. The molecule has 0 aromatic heterocycles. The first-order valence-corrected chi connectivity index (χ1v) is 6.21. The molecule has 0 spiro atoms. The predicted octanol–water partition coefficient (Wildman–Crippen LogP) is 1.97. The van der Waals surface area contributed by atoms with Crippen LogP contribution in [0.5, 0.6) is 0 Å². The Morgan fingerprint density at radius 3 is 2.67 bits per heavy atom. The molecule has 0 radical (unpaired) electrons. The van der Waals surface area contributed by atoms with Crippen LogP contribution in [0.4, 0.5) is 5.69 Å². The Hall–Kier alpha value is -1.25. The van der Waals surface area contributed by atoms with Gasteiger partial charge in [-0.3, -0.25) is 4.72 Å². The number of hydrogen-bond donors (Lipinski definition) is 1. The van der Waals surface area contributed by atoms with Gasteiger partial charge in [-0.05, 0) is 25.1 Å². The van der Waals surface area contributed by atoms with E-state index in [0.29, 0.717) is 5.56 Å². The Labute approximate surface area is 93.5 Å². The molecule has 6 heteroatoms. The van der Waals surface area contributed by atoms with Crippen LogP contribution in [0.1, 0.15) is 12.5 Å². The van der Waals surface area contributed by atoms with E-state index in [1.54, 1.807) is 0 Å². The third-order valence-electron chi connectivity index (χ3n) is 1.74. The fourth-order valence-corrected chi connectivity index (χ4v) is 1.85. The number of anilines is 1. The van der Waals surface area contributed by atoms with Crippen molar-refractivity contribution in [2.45, 2.75) is 6.92 Å². The molecule has 0 aliphatic rings. The molecule has 0 aliphatic carbocycles. The van der Waals surface area contributed by atoms with Gasteiger partial charge in [0.1, 0.15) is 0 Å². The maximum Gasteiger partial charge on any atom is 0.232 e. The van der Waals surface area contributed by atoms with E-state index in [-0.39, 0.29) is 16.5 Å². The summed E-state index contributed by atoms with van der Waals surface area (Å²) in [5.41, 5.74) is 0.678. The molecule has 0 bridgehead atoms. The lowest BCUT2D eigenvalue weighted by atomic mass is 10.2. The summed E-state index contributed by atoms with van der Waals surface area (Å²) in [6.07, 6.45) is 0. The lowest BCUT2D eigenvalue weighted by Gasteiger charge is -2.07. The maximum absolute atomic E-state index is 11.2. The van der Waals surface area contributed by atoms with Gasteiger partial charge in [0, 0.05) is 0 Å². The van der Waals surface area contributed by atoms with E-state index < -0.39 is 10.0 Å². The second-order valence-electron chi connectivity index (χ2n) is 2.81. The highest BCUT2D eigenvalue weighted by Crippen LogP contribution is 2.23. The molecule has 0 amide bonds. The number of halogens is 1. The standard InChI is InChI=1S/C9H9ClN2O2S/c1-2-15(13,14)12-9-4-3-7(6-11)5-8(9)10/h3-5,12H,2H2,1H3. The van der Waals surface area contributed by atoms with E-state index in [1.807, 2.05) is 6.07 Å². The fraction of sp³-hybridized carbons (Fsp3) is 0.222. The zero-order valence-corrected chi connectivity index (χ0v) is 9.56. The van der Waals surface area contributed by atoms with Crippen molar-refractivity contribution < 1.29 is 8.42 Å². The Morgan fingerprint density at radius 1 is 1.53 bits per heavy atom. The maximum atomic E-state index is 11.2. The highest BCUT2D eigenvalue weighted by Gasteiger charge is 2.09. The van der Waals surface area contributed by atoms with Gasteiger partial charge in [-0.1, -0.05) is 11.6 Å². The van der Waals surface area contributed by atoms with Crippen LogP contribution in [-0.2, 0) is 10.0 Å². The Bertz CT molecular complexity index is 505. The minimum absolute atomic E-state index is 0.0245. The molecule has 0 fully saturated rings. The highest BCUT2D eigenvalue weighted by molar-refractivity contribution is 7.92. The van der Waals surface area contributed by atoms with Gasteiger partial charge in [-0.2, -0.15) is 5.26 Å². The molecular formula is C9H9ClN2O2S. The van der Waals surface area contributed by atoms with Crippen molar-refractivity contribution in [3.8, 4) is 6.07 Å². The number of nitriles is 1. The molecule has 0 saturated heterocycles. The van der Waals surface area contributed by atoms with Gasteiger partial charge in [-0.15, -0.1) is 0 Å². The summed E-state index contributed by atoms with van der Waals surface area (Å²) < 4.78 is 24.8. The van der Waals surface area contributed by atoms with Gasteiger partial charge in [0.05, 0.1) is 28.1 Å². The van der Waals surface area contributed by atoms with Gasteiger partial charge in [0.25, 0.3) is 0 Å². The summed E-state index contributed by atoms with van der Waals surface area (Å²) in [6.45, 7) is 1.53. The summed E-state index contributed by atoms with van der Waals surface area (Å²) in [4.78, 5) is 0.